The van der Waals surface area contributed by atoms with Gasteiger partial charge in [-0.2, -0.15) is 0 Å². The Labute approximate surface area is 134 Å². The number of nitrogens with zero attached hydrogens (tertiary/aromatic N) is 4. The van der Waals surface area contributed by atoms with Crippen molar-refractivity contribution < 1.29 is 4.74 Å². The van der Waals surface area contributed by atoms with E-state index in [4.69, 9.17) is 4.74 Å². The number of ether oxygens (including phenoxy) is 1. The monoisotopic (exact) mass is 307 g/mol. The lowest BCUT2D eigenvalue weighted by Gasteiger charge is -2.15. The molecule has 0 fully saturated rings. The van der Waals surface area contributed by atoms with Gasteiger partial charge in [-0.3, -0.25) is 9.97 Å². The largest absolute Gasteiger partial charge is 0.487 e. The summed E-state index contributed by atoms with van der Waals surface area (Å²) in [5, 5.41) is 3.19. The van der Waals surface area contributed by atoms with Crippen LogP contribution in [0.15, 0.2) is 61.3 Å². The second-order valence-electron chi connectivity index (χ2n) is 5.01. The van der Waals surface area contributed by atoms with Crippen molar-refractivity contribution in [1.29, 1.82) is 0 Å². The number of anilines is 1. The van der Waals surface area contributed by atoms with Gasteiger partial charge in [-0.1, -0.05) is 0 Å². The van der Waals surface area contributed by atoms with E-state index in [9.17, 15) is 0 Å². The molecule has 116 valence electrons. The molecule has 0 unspecified atom stereocenters. The molecule has 3 aromatic heterocycles. The number of rotatable bonds is 6. The van der Waals surface area contributed by atoms with Gasteiger partial charge >= 0.3 is 0 Å². The van der Waals surface area contributed by atoms with Crippen molar-refractivity contribution in [2.75, 3.05) is 11.9 Å². The third-order valence-corrected chi connectivity index (χ3v) is 3.13. The molecule has 3 rings (SSSR count). The quantitative estimate of drug-likeness (QED) is 0.755. The third kappa shape index (κ3) is 4.23. The van der Waals surface area contributed by atoms with Crippen LogP contribution in [-0.2, 0) is 0 Å². The van der Waals surface area contributed by atoms with Gasteiger partial charge in [-0.05, 0) is 37.3 Å². The Hall–Kier alpha value is -3.02. The maximum absolute atomic E-state index is 5.76. The normalized spacial score (nSPS) is 11.7. The zero-order valence-corrected chi connectivity index (χ0v) is 12.8. The molecule has 0 spiro atoms. The zero-order chi connectivity index (χ0) is 15.9. The predicted octanol–water partition coefficient (Wildman–Crippen LogP) is 2.81. The first-order valence-corrected chi connectivity index (χ1v) is 7.35. The molecular weight excluding hydrogens is 290 g/mol. The van der Waals surface area contributed by atoms with Crippen LogP contribution >= 0.6 is 0 Å². The predicted molar refractivity (Wildman–Crippen MR) is 88.1 cm³/mol. The lowest BCUT2D eigenvalue weighted by atomic mass is 10.2. The van der Waals surface area contributed by atoms with Gasteiger partial charge in [0.25, 0.3) is 0 Å². The van der Waals surface area contributed by atoms with E-state index in [1.807, 2.05) is 37.3 Å². The van der Waals surface area contributed by atoms with Gasteiger partial charge in [0.2, 0.25) is 5.95 Å². The molecular formula is C17H17N5O. The summed E-state index contributed by atoms with van der Waals surface area (Å²) >= 11 is 0. The second kappa shape index (κ2) is 7.31. The number of pyridine rings is 2. The van der Waals surface area contributed by atoms with Crippen molar-refractivity contribution in [2.45, 2.75) is 13.0 Å². The fraction of sp³-hybridized carbons (Fsp3) is 0.176. The third-order valence-electron chi connectivity index (χ3n) is 3.13. The highest BCUT2D eigenvalue weighted by Crippen LogP contribution is 2.16. The van der Waals surface area contributed by atoms with E-state index < -0.39 is 0 Å². The number of aromatic nitrogens is 4. The molecule has 0 bridgehead atoms. The van der Waals surface area contributed by atoms with Gasteiger partial charge in [0.15, 0.2) is 0 Å². The molecule has 23 heavy (non-hydrogen) atoms. The molecule has 3 heterocycles. The van der Waals surface area contributed by atoms with E-state index in [-0.39, 0.29) is 6.10 Å². The molecule has 6 heteroatoms. The molecule has 1 atom stereocenters. The summed E-state index contributed by atoms with van der Waals surface area (Å²) in [6.45, 7) is 2.57. The Bertz CT molecular complexity index is 736. The van der Waals surface area contributed by atoms with Crippen LogP contribution in [0.4, 0.5) is 5.95 Å². The van der Waals surface area contributed by atoms with Crippen LogP contribution < -0.4 is 10.1 Å². The standard InChI is InChI=1S/C17H17N5O/c1-13(23-15-5-3-8-19-12-15)10-21-17-20-9-6-16(22-17)14-4-2-7-18-11-14/h2-9,11-13H,10H2,1H3,(H,20,21,22)/t13-/m1/s1. The van der Waals surface area contributed by atoms with Gasteiger partial charge in [0.1, 0.15) is 11.9 Å². The Morgan fingerprint density at radius 1 is 1.04 bits per heavy atom. The molecule has 0 aliphatic carbocycles. The molecule has 0 saturated carbocycles. The van der Waals surface area contributed by atoms with Crippen LogP contribution in [0.25, 0.3) is 11.3 Å². The van der Waals surface area contributed by atoms with E-state index in [0.717, 1.165) is 17.0 Å². The minimum Gasteiger partial charge on any atom is -0.487 e. The molecule has 0 aromatic carbocycles. The molecule has 0 aliphatic rings. The summed E-state index contributed by atoms with van der Waals surface area (Å²) in [5.41, 5.74) is 1.79. The summed E-state index contributed by atoms with van der Waals surface area (Å²) in [6.07, 6.45) is 8.61. The topological polar surface area (TPSA) is 72.8 Å². The lowest BCUT2D eigenvalue weighted by molar-refractivity contribution is 0.233. The first-order chi connectivity index (χ1) is 11.3. The van der Waals surface area contributed by atoms with Crippen LogP contribution in [0.5, 0.6) is 5.75 Å². The Morgan fingerprint density at radius 2 is 1.87 bits per heavy atom. The smallest absolute Gasteiger partial charge is 0.223 e. The van der Waals surface area contributed by atoms with E-state index in [0.29, 0.717) is 12.5 Å². The summed E-state index contributed by atoms with van der Waals surface area (Å²) in [5.74, 6) is 1.31. The molecule has 0 radical (unpaired) electrons. The lowest BCUT2D eigenvalue weighted by Crippen LogP contribution is -2.23. The Kier molecular flexibility index (Phi) is 4.73. The van der Waals surface area contributed by atoms with Crippen molar-refractivity contribution in [3.63, 3.8) is 0 Å². The number of nitrogens with one attached hydrogen (secondary N) is 1. The van der Waals surface area contributed by atoms with Crippen molar-refractivity contribution >= 4 is 5.95 Å². The van der Waals surface area contributed by atoms with Crippen molar-refractivity contribution in [3.8, 4) is 17.0 Å². The van der Waals surface area contributed by atoms with E-state index >= 15 is 0 Å². The average molecular weight is 307 g/mol. The van der Waals surface area contributed by atoms with Gasteiger partial charge in [-0.25, -0.2) is 9.97 Å². The van der Waals surface area contributed by atoms with Gasteiger partial charge < -0.3 is 10.1 Å². The van der Waals surface area contributed by atoms with Crippen LogP contribution in [0.1, 0.15) is 6.92 Å². The maximum atomic E-state index is 5.76. The van der Waals surface area contributed by atoms with E-state index in [2.05, 4.69) is 25.3 Å². The van der Waals surface area contributed by atoms with Gasteiger partial charge in [-0.15, -0.1) is 0 Å². The van der Waals surface area contributed by atoms with Crippen molar-refractivity contribution in [1.82, 2.24) is 19.9 Å². The second-order valence-corrected chi connectivity index (χ2v) is 5.01. The molecule has 0 aliphatic heterocycles. The van der Waals surface area contributed by atoms with Crippen molar-refractivity contribution in [3.05, 3.63) is 61.3 Å². The molecule has 0 amide bonds. The SMILES string of the molecule is C[C@H](CNc1nccc(-c2cccnc2)n1)Oc1cccnc1. The minimum atomic E-state index is -0.0372. The first-order valence-electron chi connectivity index (χ1n) is 7.35. The van der Waals surface area contributed by atoms with Crippen LogP contribution in [0.3, 0.4) is 0 Å². The summed E-state index contributed by atoms with van der Waals surface area (Å²) in [4.78, 5) is 16.9. The van der Waals surface area contributed by atoms with E-state index in [1.54, 1.807) is 31.0 Å². The highest BCUT2D eigenvalue weighted by atomic mass is 16.5. The molecule has 6 nitrogen and oxygen atoms in total. The van der Waals surface area contributed by atoms with E-state index in [1.165, 1.54) is 0 Å². The van der Waals surface area contributed by atoms with Crippen LogP contribution in [0.2, 0.25) is 0 Å². The van der Waals surface area contributed by atoms with Gasteiger partial charge in [0, 0.05) is 30.4 Å². The fourth-order valence-electron chi connectivity index (χ4n) is 2.04. The van der Waals surface area contributed by atoms with Crippen LogP contribution in [0, 0.1) is 0 Å². The fourth-order valence-corrected chi connectivity index (χ4v) is 2.04. The highest BCUT2D eigenvalue weighted by molar-refractivity contribution is 5.58. The summed E-state index contributed by atoms with van der Waals surface area (Å²) < 4.78 is 5.76. The summed E-state index contributed by atoms with van der Waals surface area (Å²) in [6, 6.07) is 9.43. The minimum absolute atomic E-state index is 0.0372. The van der Waals surface area contributed by atoms with Crippen LogP contribution in [-0.4, -0.2) is 32.6 Å². The number of hydrogen-bond acceptors (Lipinski definition) is 6. The van der Waals surface area contributed by atoms with Gasteiger partial charge in [0.05, 0.1) is 18.4 Å². The zero-order valence-electron chi connectivity index (χ0n) is 12.8. The number of hydrogen-bond donors (Lipinski definition) is 1. The molecule has 0 saturated heterocycles. The highest BCUT2D eigenvalue weighted by Gasteiger charge is 2.06. The Morgan fingerprint density at radius 3 is 2.61 bits per heavy atom. The first kappa shape index (κ1) is 14.9. The summed E-state index contributed by atoms with van der Waals surface area (Å²) in [7, 11) is 0. The molecule has 3 aromatic rings. The average Bonchev–Trinajstić information content (AvgIpc) is 2.62. The maximum Gasteiger partial charge on any atom is 0.223 e. The molecule has 1 N–H and O–H groups in total. The Balaban J connectivity index is 1.60. The van der Waals surface area contributed by atoms with Crippen molar-refractivity contribution in [2.24, 2.45) is 0 Å².